The van der Waals surface area contributed by atoms with Gasteiger partial charge < -0.3 is 5.32 Å². The molecule has 2 rings (SSSR count). The van der Waals surface area contributed by atoms with E-state index in [-0.39, 0.29) is 11.8 Å². The predicted octanol–water partition coefficient (Wildman–Crippen LogP) is 3.71. The molecule has 0 atom stereocenters. The molecule has 98 valence electrons. The van der Waals surface area contributed by atoms with Gasteiger partial charge in [-0.15, -0.1) is 11.6 Å². The average molecular weight is 295 g/mol. The number of aromatic nitrogens is 1. The first kappa shape index (κ1) is 13.8. The van der Waals surface area contributed by atoms with Gasteiger partial charge in [-0.1, -0.05) is 23.7 Å². The van der Waals surface area contributed by atoms with Crippen LogP contribution >= 0.6 is 23.2 Å². The minimum atomic E-state index is -0.242. The molecule has 1 aromatic carbocycles. The van der Waals surface area contributed by atoms with E-state index in [2.05, 4.69) is 10.3 Å². The monoisotopic (exact) mass is 294 g/mol. The maximum Gasteiger partial charge on any atom is 0.239 e. The van der Waals surface area contributed by atoms with Crippen molar-refractivity contribution in [3.05, 3.63) is 47.6 Å². The van der Waals surface area contributed by atoms with Crippen molar-refractivity contribution >= 4 is 45.7 Å². The van der Waals surface area contributed by atoms with Gasteiger partial charge in [-0.3, -0.25) is 9.78 Å². The van der Waals surface area contributed by atoms with Gasteiger partial charge >= 0.3 is 0 Å². The second-order valence-electron chi connectivity index (χ2n) is 3.92. The summed E-state index contributed by atoms with van der Waals surface area (Å²) < 4.78 is 0. The third-order valence-electron chi connectivity index (χ3n) is 2.68. The molecule has 0 saturated carbocycles. The quantitative estimate of drug-likeness (QED) is 0.874. The number of hydrogen-bond acceptors (Lipinski definition) is 2. The number of nitrogens with zero attached hydrogens (tertiary/aromatic N) is 1. The molecule has 0 aliphatic carbocycles. The smallest absolute Gasteiger partial charge is 0.239 e. The number of pyridine rings is 1. The Morgan fingerprint density at radius 2 is 2.21 bits per heavy atom. The van der Waals surface area contributed by atoms with Crippen LogP contribution in [0.1, 0.15) is 5.56 Å². The fourth-order valence-corrected chi connectivity index (χ4v) is 2.02. The summed E-state index contributed by atoms with van der Waals surface area (Å²) in [6, 6.07) is 7.60. The van der Waals surface area contributed by atoms with Gasteiger partial charge in [-0.2, -0.15) is 0 Å². The number of carbonyl (C=O) groups is 1. The number of alkyl halides is 1. The molecule has 1 heterocycles. The van der Waals surface area contributed by atoms with Gasteiger partial charge in [0.05, 0.1) is 11.2 Å². The highest BCUT2D eigenvalue weighted by Crippen LogP contribution is 2.27. The summed E-state index contributed by atoms with van der Waals surface area (Å²) in [4.78, 5) is 15.8. The van der Waals surface area contributed by atoms with Crippen molar-refractivity contribution in [3.8, 4) is 0 Å². The molecule has 0 saturated heterocycles. The summed E-state index contributed by atoms with van der Waals surface area (Å²) in [6.45, 7) is 0. The molecule has 19 heavy (non-hydrogen) atoms. The molecule has 2 aromatic rings. The molecule has 0 aliphatic heterocycles. The van der Waals surface area contributed by atoms with E-state index in [1.807, 2.05) is 30.3 Å². The Morgan fingerprint density at radius 3 is 2.95 bits per heavy atom. The highest BCUT2D eigenvalue weighted by molar-refractivity contribution is 6.29. The van der Waals surface area contributed by atoms with Gasteiger partial charge in [0, 0.05) is 17.1 Å². The van der Waals surface area contributed by atoms with E-state index < -0.39 is 0 Å². The van der Waals surface area contributed by atoms with E-state index >= 15 is 0 Å². The summed E-state index contributed by atoms with van der Waals surface area (Å²) in [5.74, 6) is -0.323. The predicted molar refractivity (Wildman–Crippen MR) is 79.8 cm³/mol. The van der Waals surface area contributed by atoms with Crippen molar-refractivity contribution in [2.75, 3.05) is 11.2 Å². The van der Waals surface area contributed by atoms with Crippen LogP contribution in [-0.2, 0) is 11.2 Å². The standard InChI is InChI=1S/C14H12Cl2N2O/c15-7-1-3-10-5-6-12-11(4-2-8-17-12)14(10)18-13(19)9-16/h1-2,4-8H,3,9H2,(H,18,19). The first-order valence-electron chi connectivity index (χ1n) is 5.74. The van der Waals surface area contributed by atoms with Crippen LogP contribution in [0.3, 0.4) is 0 Å². The highest BCUT2D eigenvalue weighted by atomic mass is 35.5. The van der Waals surface area contributed by atoms with Gasteiger partial charge in [0.1, 0.15) is 5.88 Å². The van der Waals surface area contributed by atoms with Crippen LogP contribution < -0.4 is 5.32 Å². The van der Waals surface area contributed by atoms with Crippen molar-refractivity contribution in [2.45, 2.75) is 6.42 Å². The van der Waals surface area contributed by atoms with E-state index in [1.165, 1.54) is 5.54 Å². The lowest BCUT2D eigenvalue weighted by Gasteiger charge is -2.12. The van der Waals surface area contributed by atoms with Crippen LogP contribution in [0.2, 0.25) is 0 Å². The second kappa shape index (κ2) is 6.55. The van der Waals surface area contributed by atoms with Crippen LogP contribution in [0.5, 0.6) is 0 Å². The Bertz CT molecular complexity index is 626. The number of nitrogens with one attached hydrogen (secondary N) is 1. The number of allylic oxidation sites excluding steroid dienone is 1. The minimum absolute atomic E-state index is 0.0819. The lowest BCUT2D eigenvalue weighted by molar-refractivity contribution is -0.113. The maximum atomic E-state index is 11.5. The molecule has 0 radical (unpaired) electrons. The fourth-order valence-electron chi connectivity index (χ4n) is 1.86. The molecule has 0 spiro atoms. The number of amides is 1. The van der Waals surface area contributed by atoms with E-state index in [4.69, 9.17) is 23.2 Å². The zero-order valence-corrected chi connectivity index (χ0v) is 11.6. The van der Waals surface area contributed by atoms with E-state index in [0.29, 0.717) is 6.42 Å². The molecule has 0 bridgehead atoms. The lowest BCUT2D eigenvalue weighted by Crippen LogP contribution is -2.14. The first-order chi connectivity index (χ1) is 9.26. The van der Waals surface area contributed by atoms with Crippen LogP contribution in [0, 0.1) is 0 Å². The minimum Gasteiger partial charge on any atom is -0.324 e. The Hall–Kier alpha value is -1.58. The molecule has 1 aromatic heterocycles. The summed E-state index contributed by atoms with van der Waals surface area (Å²) in [5, 5.41) is 3.71. The number of carbonyl (C=O) groups excluding carboxylic acids is 1. The molecule has 3 nitrogen and oxygen atoms in total. The van der Waals surface area contributed by atoms with Crippen molar-refractivity contribution < 1.29 is 4.79 Å². The number of fused-ring (bicyclic) bond motifs is 1. The number of benzene rings is 1. The Morgan fingerprint density at radius 1 is 1.37 bits per heavy atom. The summed E-state index contributed by atoms with van der Waals surface area (Å²) in [5.41, 5.74) is 3.99. The molecule has 1 N–H and O–H groups in total. The Labute approximate surface area is 121 Å². The zero-order chi connectivity index (χ0) is 13.7. The third-order valence-corrected chi connectivity index (χ3v) is 3.10. The molecular weight excluding hydrogens is 283 g/mol. The van der Waals surface area contributed by atoms with E-state index in [0.717, 1.165) is 22.2 Å². The zero-order valence-electron chi connectivity index (χ0n) is 10.1. The second-order valence-corrected chi connectivity index (χ2v) is 4.44. The average Bonchev–Trinajstić information content (AvgIpc) is 2.46. The number of anilines is 1. The largest absolute Gasteiger partial charge is 0.324 e. The van der Waals surface area contributed by atoms with Crippen molar-refractivity contribution in [1.82, 2.24) is 4.98 Å². The van der Waals surface area contributed by atoms with Gasteiger partial charge in [-0.25, -0.2) is 0 Å². The summed E-state index contributed by atoms with van der Waals surface area (Å²) in [7, 11) is 0. The molecular formula is C14H12Cl2N2O. The number of rotatable bonds is 4. The third kappa shape index (κ3) is 3.25. The fraction of sp³-hybridized carbons (Fsp3) is 0.143. The molecule has 1 amide bonds. The lowest BCUT2D eigenvalue weighted by atomic mass is 10.0. The molecule has 5 heteroatoms. The topological polar surface area (TPSA) is 42.0 Å². The summed E-state index contributed by atoms with van der Waals surface area (Å²) in [6.07, 6.45) is 4.16. The summed E-state index contributed by atoms with van der Waals surface area (Å²) >= 11 is 11.1. The van der Waals surface area contributed by atoms with Gasteiger partial charge in [0.25, 0.3) is 0 Å². The van der Waals surface area contributed by atoms with Crippen LogP contribution in [0.25, 0.3) is 10.9 Å². The van der Waals surface area contributed by atoms with Crippen LogP contribution in [0.4, 0.5) is 5.69 Å². The number of halogens is 2. The van der Waals surface area contributed by atoms with Crippen LogP contribution in [0.15, 0.2) is 42.1 Å². The van der Waals surface area contributed by atoms with Gasteiger partial charge in [-0.05, 0) is 30.2 Å². The normalized spacial score (nSPS) is 11.1. The molecule has 0 fully saturated rings. The number of hydrogen-bond donors (Lipinski definition) is 1. The first-order valence-corrected chi connectivity index (χ1v) is 6.71. The van der Waals surface area contributed by atoms with E-state index in [9.17, 15) is 4.79 Å². The Balaban J connectivity index is 2.53. The van der Waals surface area contributed by atoms with Gasteiger partial charge in [0.2, 0.25) is 5.91 Å². The highest BCUT2D eigenvalue weighted by Gasteiger charge is 2.10. The molecule has 0 aliphatic rings. The van der Waals surface area contributed by atoms with Crippen molar-refractivity contribution in [1.29, 1.82) is 0 Å². The molecule has 0 unspecified atom stereocenters. The maximum absolute atomic E-state index is 11.5. The van der Waals surface area contributed by atoms with Crippen molar-refractivity contribution in [2.24, 2.45) is 0 Å². The van der Waals surface area contributed by atoms with E-state index in [1.54, 1.807) is 6.20 Å². The van der Waals surface area contributed by atoms with Crippen LogP contribution in [-0.4, -0.2) is 16.8 Å². The van der Waals surface area contributed by atoms with Crippen molar-refractivity contribution in [3.63, 3.8) is 0 Å². The Kier molecular flexibility index (Phi) is 4.77. The SMILES string of the molecule is O=C(CCl)Nc1c(CC=CCl)ccc2ncccc12. The van der Waals surface area contributed by atoms with Gasteiger partial charge in [0.15, 0.2) is 0 Å².